The zero-order valence-electron chi connectivity index (χ0n) is 12.4. The van der Waals surface area contributed by atoms with Crippen LogP contribution >= 0.6 is 11.6 Å². The third-order valence-electron chi connectivity index (χ3n) is 2.74. The van der Waals surface area contributed by atoms with Gasteiger partial charge in [0, 0.05) is 19.8 Å². The van der Waals surface area contributed by atoms with Gasteiger partial charge in [0.25, 0.3) is 0 Å². The summed E-state index contributed by atoms with van der Waals surface area (Å²) in [7, 11) is 1.72. The molecular weight excluding hydrogens is 294 g/mol. The van der Waals surface area contributed by atoms with E-state index in [0.717, 1.165) is 0 Å². The Bertz CT molecular complexity index is 491. The number of hydrogen-bond acceptors (Lipinski definition) is 4. The molecule has 1 amide bonds. The Morgan fingerprint density at radius 2 is 2.00 bits per heavy atom. The molecule has 0 spiro atoms. The summed E-state index contributed by atoms with van der Waals surface area (Å²) in [6.45, 7) is 4.06. The number of anilines is 1. The van der Waals surface area contributed by atoms with Crippen LogP contribution in [-0.4, -0.2) is 53.5 Å². The average Bonchev–Trinajstić information content (AvgIpc) is 2.37. The summed E-state index contributed by atoms with van der Waals surface area (Å²) in [6.07, 6.45) is 1.50. The summed E-state index contributed by atoms with van der Waals surface area (Å²) in [6, 6.07) is 3.40. The van der Waals surface area contributed by atoms with E-state index in [9.17, 15) is 9.59 Å². The monoisotopic (exact) mass is 313 g/mol. The maximum atomic E-state index is 12.2. The lowest BCUT2D eigenvalue weighted by Gasteiger charge is -2.26. The van der Waals surface area contributed by atoms with Gasteiger partial charge in [0.1, 0.15) is 12.4 Å². The number of carbonyl (C=O) groups excluding carboxylic acids is 1. The second-order valence-electron chi connectivity index (χ2n) is 5.25. The summed E-state index contributed by atoms with van der Waals surface area (Å²) >= 11 is 5.77. The molecule has 7 heteroatoms. The fourth-order valence-electron chi connectivity index (χ4n) is 1.84. The standard InChI is InChI=1S/C14H20ClN3O3/c1-10(2)7-18(9-14(20)21)13(19)8-17(3)12-5-4-11(15)6-16-12/h4-6,10H,7-9H2,1-3H3,(H,20,21). The van der Waals surface area contributed by atoms with E-state index in [1.807, 2.05) is 13.8 Å². The molecule has 1 aromatic heterocycles. The van der Waals surface area contributed by atoms with Gasteiger partial charge in [-0.2, -0.15) is 0 Å². The second-order valence-corrected chi connectivity index (χ2v) is 5.69. The number of carboxylic acid groups (broad SMARTS) is 1. The molecule has 0 saturated heterocycles. The van der Waals surface area contributed by atoms with E-state index in [-0.39, 0.29) is 24.9 Å². The molecule has 1 aromatic rings. The first-order valence-electron chi connectivity index (χ1n) is 6.62. The number of nitrogens with zero attached hydrogens (tertiary/aromatic N) is 3. The number of carbonyl (C=O) groups is 2. The normalized spacial score (nSPS) is 10.5. The molecule has 0 aliphatic rings. The van der Waals surface area contributed by atoms with Gasteiger partial charge in [-0.1, -0.05) is 25.4 Å². The van der Waals surface area contributed by atoms with Crippen LogP contribution < -0.4 is 4.90 Å². The van der Waals surface area contributed by atoms with Crippen molar-refractivity contribution in [1.29, 1.82) is 0 Å². The van der Waals surface area contributed by atoms with Gasteiger partial charge in [0.15, 0.2) is 0 Å². The van der Waals surface area contributed by atoms with E-state index in [2.05, 4.69) is 4.98 Å². The van der Waals surface area contributed by atoms with Crippen LogP contribution in [-0.2, 0) is 9.59 Å². The van der Waals surface area contributed by atoms with Crippen molar-refractivity contribution < 1.29 is 14.7 Å². The highest BCUT2D eigenvalue weighted by Crippen LogP contribution is 2.13. The predicted molar refractivity (Wildman–Crippen MR) is 81.6 cm³/mol. The van der Waals surface area contributed by atoms with Gasteiger partial charge in [0.2, 0.25) is 5.91 Å². The third-order valence-corrected chi connectivity index (χ3v) is 2.96. The van der Waals surface area contributed by atoms with Crippen LogP contribution in [0, 0.1) is 5.92 Å². The Kier molecular flexibility index (Phi) is 6.42. The van der Waals surface area contributed by atoms with E-state index in [0.29, 0.717) is 17.4 Å². The predicted octanol–water partition coefficient (Wildman–Crippen LogP) is 1.74. The van der Waals surface area contributed by atoms with Gasteiger partial charge < -0.3 is 14.9 Å². The summed E-state index contributed by atoms with van der Waals surface area (Å²) in [5.74, 6) is -0.457. The van der Waals surface area contributed by atoms with Gasteiger partial charge in [-0.05, 0) is 18.1 Å². The van der Waals surface area contributed by atoms with Crippen LogP contribution in [0.5, 0.6) is 0 Å². The molecule has 0 aliphatic heterocycles. The first kappa shape index (κ1) is 17.2. The van der Waals surface area contributed by atoms with Gasteiger partial charge >= 0.3 is 5.97 Å². The summed E-state index contributed by atoms with van der Waals surface area (Å²) in [5, 5.41) is 9.41. The minimum atomic E-state index is -1.02. The second kappa shape index (κ2) is 7.83. The van der Waals surface area contributed by atoms with Crippen molar-refractivity contribution in [2.24, 2.45) is 5.92 Å². The average molecular weight is 314 g/mol. The van der Waals surface area contributed by atoms with Crippen molar-refractivity contribution >= 4 is 29.3 Å². The zero-order valence-corrected chi connectivity index (χ0v) is 13.2. The number of likely N-dealkylation sites (N-methyl/N-ethyl adjacent to an activating group) is 1. The highest BCUT2D eigenvalue weighted by atomic mass is 35.5. The van der Waals surface area contributed by atoms with Gasteiger partial charge in [-0.3, -0.25) is 9.59 Å². The molecule has 0 atom stereocenters. The van der Waals surface area contributed by atoms with Crippen molar-refractivity contribution in [2.45, 2.75) is 13.8 Å². The van der Waals surface area contributed by atoms with E-state index in [1.54, 1.807) is 24.1 Å². The number of amides is 1. The first-order chi connectivity index (χ1) is 9.79. The highest BCUT2D eigenvalue weighted by molar-refractivity contribution is 6.30. The Morgan fingerprint density at radius 1 is 1.33 bits per heavy atom. The Morgan fingerprint density at radius 3 is 2.48 bits per heavy atom. The molecule has 0 unspecified atom stereocenters. The van der Waals surface area contributed by atoms with Gasteiger partial charge in [0.05, 0.1) is 11.6 Å². The topological polar surface area (TPSA) is 73.7 Å². The minimum Gasteiger partial charge on any atom is -0.480 e. The van der Waals surface area contributed by atoms with E-state index in [4.69, 9.17) is 16.7 Å². The van der Waals surface area contributed by atoms with E-state index >= 15 is 0 Å². The molecule has 0 aromatic carbocycles. The van der Waals surface area contributed by atoms with Gasteiger partial charge in [-0.15, -0.1) is 0 Å². The summed E-state index contributed by atoms with van der Waals surface area (Å²) < 4.78 is 0. The molecule has 116 valence electrons. The number of rotatable bonds is 7. The molecule has 1 N–H and O–H groups in total. The number of hydrogen-bond donors (Lipinski definition) is 1. The quantitative estimate of drug-likeness (QED) is 0.830. The SMILES string of the molecule is CC(C)CN(CC(=O)O)C(=O)CN(C)c1ccc(Cl)cn1. The fourth-order valence-corrected chi connectivity index (χ4v) is 1.95. The maximum Gasteiger partial charge on any atom is 0.323 e. The molecule has 21 heavy (non-hydrogen) atoms. The molecular formula is C14H20ClN3O3. The zero-order chi connectivity index (χ0) is 16.0. The number of carboxylic acids is 1. The van der Waals surface area contributed by atoms with E-state index in [1.165, 1.54) is 11.1 Å². The van der Waals surface area contributed by atoms with Gasteiger partial charge in [-0.25, -0.2) is 4.98 Å². The number of aromatic nitrogens is 1. The van der Waals surface area contributed by atoms with Crippen LogP contribution in [0.1, 0.15) is 13.8 Å². The molecule has 0 saturated carbocycles. The Balaban J connectivity index is 2.70. The molecule has 0 radical (unpaired) electrons. The van der Waals surface area contributed by atoms with Crippen LogP contribution in [0.2, 0.25) is 5.02 Å². The third kappa shape index (κ3) is 5.99. The molecule has 1 heterocycles. The number of aliphatic carboxylic acids is 1. The molecule has 0 bridgehead atoms. The Hall–Kier alpha value is -1.82. The van der Waals surface area contributed by atoms with Crippen LogP contribution in [0.3, 0.4) is 0 Å². The van der Waals surface area contributed by atoms with Crippen molar-refractivity contribution in [2.75, 3.05) is 31.6 Å². The highest BCUT2D eigenvalue weighted by Gasteiger charge is 2.19. The molecule has 6 nitrogen and oxygen atoms in total. The molecule has 0 aliphatic carbocycles. The van der Waals surface area contributed by atoms with E-state index < -0.39 is 5.97 Å². The lowest BCUT2D eigenvalue weighted by Crippen LogP contribution is -2.43. The van der Waals surface area contributed by atoms with Crippen LogP contribution in [0.4, 0.5) is 5.82 Å². The molecule has 1 rings (SSSR count). The van der Waals surface area contributed by atoms with Crippen LogP contribution in [0.25, 0.3) is 0 Å². The first-order valence-corrected chi connectivity index (χ1v) is 6.99. The lowest BCUT2D eigenvalue weighted by molar-refractivity contribution is -0.144. The van der Waals surface area contributed by atoms with Crippen molar-refractivity contribution in [3.8, 4) is 0 Å². The maximum absolute atomic E-state index is 12.2. The van der Waals surface area contributed by atoms with Crippen molar-refractivity contribution in [1.82, 2.24) is 9.88 Å². The minimum absolute atomic E-state index is 0.0641. The summed E-state index contributed by atoms with van der Waals surface area (Å²) in [4.78, 5) is 30.2. The number of halogens is 1. The lowest BCUT2D eigenvalue weighted by atomic mass is 10.2. The summed E-state index contributed by atoms with van der Waals surface area (Å²) in [5.41, 5.74) is 0. The smallest absolute Gasteiger partial charge is 0.323 e. The van der Waals surface area contributed by atoms with Crippen molar-refractivity contribution in [3.05, 3.63) is 23.4 Å². The van der Waals surface area contributed by atoms with Crippen LogP contribution in [0.15, 0.2) is 18.3 Å². The largest absolute Gasteiger partial charge is 0.480 e. The molecule has 0 fully saturated rings. The Labute approximate surface area is 129 Å². The van der Waals surface area contributed by atoms with Crippen molar-refractivity contribution in [3.63, 3.8) is 0 Å². The fraction of sp³-hybridized carbons (Fsp3) is 0.500. The number of pyridine rings is 1.